The number of aliphatic hydroxyl groups is 1. The van der Waals surface area contributed by atoms with Crippen molar-refractivity contribution >= 4 is 0 Å². The van der Waals surface area contributed by atoms with Gasteiger partial charge in [0.15, 0.2) is 0 Å². The summed E-state index contributed by atoms with van der Waals surface area (Å²) in [6, 6.07) is 0.553. The highest BCUT2D eigenvalue weighted by atomic mass is 16.3. The van der Waals surface area contributed by atoms with E-state index >= 15 is 0 Å². The highest BCUT2D eigenvalue weighted by Gasteiger charge is 2.02. The maximum atomic E-state index is 8.88. The van der Waals surface area contributed by atoms with Gasteiger partial charge in [0.1, 0.15) is 0 Å². The Morgan fingerprint density at radius 2 is 1.93 bits per heavy atom. The molecule has 0 radical (unpaired) electrons. The predicted molar refractivity (Wildman–Crippen MR) is 61.6 cm³/mol. The van der Waals surface area contributed by atoms with E-state index in [9.17, 15) is 0 Å². The van der Waals surface area contributed by atoms with Crippen molar-refractivity contribution in [3.8, 4) is 0 Å². The lowest BCUT2D eigenvalue weighted by Gasteiger charge is -2.21. The third kappa shape index (κ3) is 8.48. The second kappa shape index (κ2) is 9.44. The monoisotopic (exact) mass is 202 g/mol. The fraction of sp³-hybridized carbons (Fsp3) is 1.00. The molecule has 0 saturated heterocycles. The molecule has 14 heavy (non-hydrogen) atoms. The van der Waals surface area contributed by atoms with Gasteiger partial charge in [-0.25, -0.2) is 0 Å². The summed E-state index contributed by atoms with van der Waals surface area (Å²) in [5.41, 5.74) is 0. The largest absolute Gasteiger partial charge is 0.395 e. The molecule has 0 fully saturated rings. The van der Waals surface area contributed by atoms with Crippen molar-refractivity contribution in [1.82, 2.24) is 10.2 Å². The van der Waals surface area contributed by atoms with Crippen LogP contribution >= 0.6 is 0 Å². The highest BCUT2D eigenvalue weighted by molar-refractivity contribution is 4.61. The zero-order chi connectivity index (χ0) is 10.8. The fourth-order valence-corrected chi connectivity index (χ4v) is 1.37. The summed E-state index contributed by atoms with van der Waals surface area (Å²) >= 11 is 0. The van der Waals surface area contributed by atoms with Gasteiger partial charge in [-0.05, 0) is 13.0 Å². The van der Waals surface area contributed by atoms with Gasteiger partial charge < -0.3 is 10.4 Å². The molecule has 3 nitrogen and oxygen atoms in total. The van der Waals surface area contributed by atoms with Gasteiger partial charge in [-0.1, -0.05) is 27.2 Å². The Hall–Kier alpha value is -0.120. The van der Waals surface area contributed by atoms with Crippen LogP contribution in [0.5, 0.6) is 0 Å². The van der Waals surface area contributed by atoms with E-state index in [-0.39, 0.29) is 6.61 Å². The molecular formula is C11H26N2O. The van der Waals surface area contributed by atoms with Crippen LogP contribution in [0.4, 0.5) is 0 Å². The van der Waals surface area contributed by atoms with Gasteiger partial charge in [-0.2, -0.15) is 0 Å². The fourth-order valence-electron chi connectivity index (χ4n) is 1.37. The van der Waals surface area contributed by atoms with Crippen LogP contribution in [0.15, 0.2) is 0 Å². The molecule has 0 unspecified atom stereocenters. The molecule has 0 saturated carbocycles. The van der Waals surface area contributed by atoms with Crippen LogP contribution in [0.3, 0.4) is 0 Å². The number of unbranched alkanes of at least 4 members (excludes halogenated alkanes) is 1. The van der Waals surface area contributed by atoms with Crippen molar-refractivity contribution in [3.05, 3.63) is 0 Å². The topological polar surface area (TPSA) is 35.5 Å². The Labute approximate surface area is 88.5 Å². The van der Waals surface area contributed by atoms with Crippen molar-refractivity contribution in [2.45, 2.75) is 39.7 Å². The number of hydrogen-bond acceptors (Lipinski definition) is 3. The van der Waals surface area contributed by atoms with Crippen LogP contribution < -0.4 is 5.32 Å². The lowest BCUT2D eigenvalue weighted by Crippen LogP contribution is -2.36. The Kier molecular flexibility index (Phi) is 9.35. The van der Waals surface area contributed by atoms with Gasteiger partial charge in [0.2, 0.25) is 0 Å². The summed E-state index contributed by atoms with van der Waals surface area (Å²) in [4.78, 5) is 2.32. The smallest absolute Gasteiger partial charge is 0.0558 e. The molecule has 0 aromatic rings. The summed E-state index contributed by atoms with van der Waals surface area (Å²) in [7, 11) is 0. The molecule has 0 aromatic heterocycles. The Morgan fingerprint density at radius 1 is 1.21 bits per heavy atom. The minimum absolute atomic E-state index is 0.269. The quantitative estimate of drug-likeness (QED) is 0.587. The van der Waals surface area contributed by atoms with Crippen molar-refractivity contribution in [1.29, 1.82) is 0 Å². The number of aliphatic hydroxyl groups excluding tert-OH is 1. The first-order valence-corrected chi connectivity index (χ1v) is 5.77. The Morgan fingerprint density at radius 3 is 2.43 bits per heavy atom. The lowest BCUT2D eigenvalue weighted by atomic mass is 10.3. The van der Waals surface area contributed by atoms with Gasteiger partial charge in [0.25, 0.3) is 0 Å². The summed E-state index contributed by atoms with van der Waals surface area (Å²) < 4.78 is 0. The van der Waals surface area contributed by atoms with E-state index in [0.29, 0.717) is 6.04 Å². The van der Waals surface area contributed by atoms with Crippen LogP contribution in [-0.4, -0.2) is 48.8 Å². The third-order valence-corrected chi connectivity index (χ3v) is 2.22. The Balaban J connectivity index is 3.50. The predicted octanol–water partition coefficient (Wildman–Crippen LogP) is 1.08. The van der Waals surface area contributed by atoms with Crippen LogP contribution in [0.25, 0.3) is 0 Å². The second-order valence-corrected chi connectivity index (χ2v) is 4.03. The normalized spacial score (nSPS) is 11.6. The van der Waals surface area contributed by atoms with E-state index in [0.717, 1.165) is 26.2 Å². The molecule has 86 valence electrons. The van der Waals surface area contributed by atoms with Gasteiger partial charge in [0, 0.05) is 25.7 Å². The molecule has 0 aliphatic heterocycles. The maximum absolute atomic E-state index is 8.88. The van der Waals surface area contributed by atoms with Crippen LogP contribution in [0, 0.1) is 0 Å². The SMILES string of the molecule is CCCCN(CCO)CCNC(C)C. The summed E-state index contributed by atoms with van der Waals surface area (Å²) in [5, 5.41) is 12.3. The summed E-state index contributed by atoms with van der Waals surface area (Å²) in [5.74, 6) is 0. The minimum Gasteiger partial charge on any atom is -0.395 e. The molecular weight excluding hydrogens is 176 g/mol. The zero-order valence-corrected chi connectivity index (χ0v) is 9.92. The molecule has 0 amide bonds. The second-order valence-electron chi connectivity index (χ2n) is 4.03. The van der Waals surface area contributed by atoms with Crippen LogP contribution in [0.2, 0.25) is 0 Å². The first-order chi connectivity index (χ1) is 6.70. The van der Waals surface area contributed by atoms with Crippen molar-refractivity contribution in [2.24, 2.45) is 0 Å². The van der Waals surface area contributed by atoms with Crippen LogP contribution in [-0.2, 0) is 0 Å². The molecule has 0 aliphatic carbocycles. The maximum Gasteiger partial charge on any atom is 0.0558 e. The number of nitrogens with one attached hydrogen (secondary N) is 1. The number of nitrogens with zero attached hydrogens (tertiary/aromatic N) is 1. The molecule has 0 aliphatic rings. The van der Waals surface area contributed by atoms with E-state index in [4.69, 9.17) is 5.11 Å². The first kappa shape index (κ1) is 13.9. The first-order valence-electron chi connectivity index (χ1n) is 5.77. The van der Waals surface area contributed by atoms with E-state index in [1.54, 1.807) is 0 Å². The van der Waals surface area contributed by atoms with E-state index in [2.05, 4.69) is 31.0 Å². The molecule has 0 rings (SSSR count). The lowest BCUT2D eigenvalue weighted by molar-refractivity contribution is 0.193. The average Bonchev–Trinajstić information content (AvgIpc) is 2.13. The average molecular weight is 202 g/mol. The van der Waals surface area contributed by atoms with E-state index < -0.39 is 0 Å². The number of hydrogen-bond donors (Lipinski definition) is 2. The van der Waals surface area contributed by atoms with E-state index in [1.807, 2.05) is 0 Å². The molecule has 2 N–H and O–H groups in total. The molecule has 0 aromatic carbocycles. The third-order valence-electron chi connectivity index (χ3n) is 2.22. The summed E-state index contributed by atoms with van der Waals surface area (Å²) in [6.45, 7) is 10.7. The van der Waals surface area contributed by atoms with Crippen molar-refractivity contribution in [3.63, 3.8) is 0 Å². The highest BCUT2D eigenvalue weighted by Crippen LogP contribution is 1.93. The van der Waals surface area contributed by atoms with Crippen molar-refractivity contribution in [2.75, 3.05) is 32.8 Å². The molecule has 0 atom stereocenters. The molecule has 0 heterocycles. The number of rotatable bonds is 9. The minimum atomic E-state index is 0.269. The van der Waals surface area contributed by atoms with Gasteiger partial charge in [-0.15, -0.1) is 0 Å². The standard InChI is InChI=1S/C11H26N2O/c1-4-5-7-13(9-10-14)8-6-12-11(2)3/h11-12,14H,4-10H2,1-3H3. The zero-order valence-electron chi connectivity index (χ0n) is 9.92. The van der Waals surface area contributed by atoms with Gasteiger partial charge >= 0.3 is 0 Å². The van der Waals surface area contributed by atoms with Crippen molar-refractivity contribution < 1.29 is 5.11 Å². The van der Waals surface area contributed by atoms with Gasteiger partial charge in [-0.3, -0.25) is 4.90 Å². The molecule has 3 heteroatoms. The molecule has 0 spiro atoms. The molecule has 0 bridgehead atoms. The summed E-state index contributed by atoms with van der Waals surface area (Å²) in [6.07, 6.45) is 2.45. The van der Waals surface area contributed by atoms with Crippen LogP contribution in [0.1, 0.15) is 33.6 Å². The van der Waals surface area contributed by atoms with Gasteiger partial charge in [0.05, 0.1) is 6.61 Å². The van der Waals surface area contributed by atoms with E-state index in [1.165, 1.54) is 12.8 Å². The Bertz CT molecular complexity index is 118.